The van der Waals surface area contributed by atoms with Crippen molar-refractivity contribution in [1.29, 1.82) is 0 Å². The predicted molar refractivity (Wildman–Crippen MR) is 130 cm³/mol. The molecule has 3 aromatic heterocycles. The van der Waals surface area contributed by atoms with E-state index in [1.807, 2.05) is 4.90 Å². The number of carbonyl (C=O) groups is 2. The minimum absolute atomic E-state index is 0.0406. The standard InChI is InChI=1S/C25H23ClFN7O2/c26-17-9-16(22(33-32-17)25(36)34(12-2-3-12)13-4-5-13)31-23-20(27)18-11(10-29-23)1-6-14-19-15(30-21(14)18)7-8-28-24(19)35/h9-10,12-13,30H,1-8H2,(H,28,35)(H,29,31,32). The van der Waals surface area contributed by atoms with Crippen molar-refractivity contribution < 1.29 is 14.0 Å². The van der Waals surface area contributed by atoms with Gasteiger partial charge in [-0.15, -0.1) is 10.2 Å². The van der Waals surface area contributed by atoms with Gasteiger partial charge in [-0.05, 0) is 49.7 Å². The first-order valence-corrected chi connectivity index (χ1v) is 12.7. The molecule has 2 amide bonds. The van der Waals surface area contributed by atoms with Gasteiger partial charge in [-0.2, -0.15) is 0 Å². The van der Waals surface area contributed by atoms with Gasteiger partial charge in [0.05, 0.1) is 16.9 Å². The van der Waals surface area contributed by atoms with E-state index in [9.17, 15) is 9.59 Å². The number of aryl methyl sites for hydroxylation is 1. The Bertz CT molecular complexity index is 1430. The highest BCUT2D eigenvalue weighted by atomic mass is 35.5. The SMILES string of the molecule is O=C1NCCc2[nH]c3c(c21)CCc1cnc(Nc2cc(Cl)nnc2C(=O)N(C2CC2)C2CC2)c(F)c1-3. The average molecular weight is 508 g/mol. The molecule has 2 fully saturated rings. The molecule has 0 radical (unpaired) electrons. The van der Waals surface area contributed by atoms with Crippen LogP contribution in [0, 0.1) is 5.82 Å². The van der Waals surface area contributed by atoms with Crippen LogP contribution >= 0.6 is 11.6 Å². The lowest BCUT2D eigenvalue weighted by atomic mass is 9.88. The van der Waals surface area contributed by atoms with Crippen LogP contribution in [-0.4, -0.2) is 55.5 Å². The number of nitrogens with zero attached hydrogens (tertiary/aromatic N) is 4. The summed E-state index contributed by atoms with van der Waals surface area (Å²) in [5.74, 6) is -0.946. The maximum atomic E-state index is 16.0. The molecule has 0 atom stereocenters. The highest BCUT2D eigenvalue weighted by Gasteiger charge is 2.43. The number of H-pyrrole nitrogens is 1. The number of carbonyl (C=O) groups excluding carboxylic acids is 2. The van der Waals surface area contributed by atoms with E-state index in [1.165, 1.54) is 6.07 Å². The van der Waals surface area contributed by atoms with Crippen LogP contribution in [0.3, 0.4) is 0 Å². The number of amides is 2. The first-order valence-electron chi connectivity index (χ1n) is 12.3. The van der Waals surface area contributed by atoms with Gasteiger partial charge >= 0.3 is 0 Å². The molecule has 7 rings (SSSR count). The first kappa shape index (κ1) is 21.7. The minimum atomic E-state index is -0.556. The molecule has 0 bridgehead atoms. The summed E-state index contributed by atoms with van der Waals surface area (Å²) in [6.45, 7) is 0.551. The lowest BCUT2D eigenvalue weighted by Gasteiger charge is -2.23. The molecular formula is C25H23ClFN7O2. The molecule has 184 valence electrons. The molecule has 2 saturated carbocycles. The quantitative estimate of drug-likeness (QED) is 0.486. The van der Waals surface area contributed by atoms with E-state index in [2.05, 4.69) is 30.8 Å². The van der Waals surface area contributed by atoms with Crippen molar-refractivity contribution >= 4 is 34.9 Å². The molecule has 1 aliphatic heterocycles. The van der Waals surface area contributed by atoms with Crippen LogP contribution in [-0.2, 0) is 19.3 Å². The van der Waals surface area contributed by atoms with Crippen molar-refractivity contribution in [3.8, 4) is 11.3 Å². The van der Waals surface area contributed by atoms with Gasteiger partial charge in [0.1, 0.15) is 0 Å². The lowest BCUT2D eigenvalue weighted by Crippen LogP contribution is -2.36. The van der Waals surface area contributed by atoms with Crippen LogP contribution in [0.2, 0.25) is 5.15 Å². The number of hydrogen-bond acceptors (Lipinski definition) is 6. The Labute approximate surface area is 210 Å². The maximum Gasteiger partial charge on any atom is 0.277 e. The molecule has 3 aromatic rings. The molecule has 3 aliphatic carbocycles. The zero-order valence-electron chi connectivity index (χ0n) is 19.3. The Morgan fingerprint density at radius 3 is 2.64 bits per heavy atom. The summed E-state index contributed by atoms with van der Waals surface area (Å²) in [7, 11) is 0. The molecule has 0 saturated heterocycles. The molecule has 3 N–H and O–H groups in total. The Balaban J connectivity index is 1.28. The van der Waals surface area contributed by atoms with E-state index in [4.69, 9.17) is 11.6 Å². The Kier molecular flexibility index (Phi) is 4.82. The van der Waals surface area contributed by atoms with E-state index in [-0.39, 0.29) is 46.3 Å². The van der Waals surface area contributed by atoms with Crippen LogP contribution in [0.25, 0.3) is 11.3 Å². The molecule has 4 aliphatic rings. The monoisotopic (exact) mass is 507 g/mol. The first-order chi connectivity index (χ1) is 17.5. The van der Waals surface area contributed by atoms with Gasteiger partial charge in [-0.25, -0.2) is 9.37 Å². The largest absolute Gasteiger partial charge is 0.357 e. The van der Waals surface area contributed by atoms with Crippen molar-refractivity contribution in [3.63, 3.8) is 0 Å². The van der Waals surface area contributed by atoms with Gasteiger partial charge in [0.15, 0.2) is 22.5 Å². The summed E-state index contributed by atoms with van der Waals surface area (Å²) in [6, 6.07) is 1.93. The van der Waals surface area contributed by atoms with E-state index in [0.717, 1.165) is 42.5 Å². The Morgan fingerprint density at radius 1 is 1.11 bits per heavy atom. The van der Waals surface area contributed by atoms with E-state index in [0.29, 0.717) is 42.6 Å². The molecule has 0 spiro atoms. The zero-order valence-corrected chi connectivity index (χ0v) is 20.1. The predicted octanol–water partition coefficient (Wildman–Crippen LogP) is 3.55. The normalized spacial score (nSPS) is 18.1. The van der Waals surface area contributed by atoms with E-state index >= 15 is 4.39 Å². The molecule has 4 heterocycles. The van der Waals surface area contributed by atoms with Crippen LogP contribution in [0.15, 0.2) is 12.3 Å². The van der Waals surface area contributed by atoms with Crippen molar-refractivity contribution in [3.05, 3.63) is 51.3 Å². The third-order valence-electron chi connectivity index (χ3n) is 7.40. The fraction of sp³-hybridized carbons (Fsp3) is 0.400. The summed E-state index contributed by atoms with van der Waals surface area (Å²) in [4.78, 5) is 35.5. The summed E-state index contributed by atoms with van der Waals surface area (Å²) >= 11 is 6.12. The highest BCUT2D eigenvalue weighted by Crippen LogP contribution is 2.42. The second-order valence-electron chi connectivity index (χ2n) is 9.89. The fourth-order valence-electron chi connectivity index (χ4n) is 5.45. The zero-order chi connectivity index (χ0) is 24.6. The van der Waals surface area contributed by atoms with Crippen LogP contribution < -0.4 is 10.6 Å². The topological polar surface area (TPSA) is 116 Å². The molecule has 0 unspecified atom stereocenters. The van der Waals surface area contributed by atoms with Crippen LogP contribution in [0.1, 0.15) is 63.4 Å². The highest BCUT2D eigenvalue weighted by molar-refractivity contribution is 6.29. The van der Waals surface area contributed by atoms with E-state index in [1.54, 1.807) is 6.20 Å². The van der Waals surface area contributed by atoms with E-state index < -0.39 is 5.82 Å². The number of pyridine rings is 1. The van der Waals surface area contributed by atoms with Crippen molar-refractivity contribution in [2.45, 2.75) is 57.0 Å². The molecule has 0 aromatic carbocycles. The number of fused-ring (bicyclic) bond motifs is 5. The van der Waals surface area contributed by atoms with Gasteiger partial charge in [0.2, 0.25) is 0 Å². The summed E-state index contributed by atoms with van der Waals surface area (Å²) in [6.07, 6.45) is 7.45. The molecule has 11 heteroatoms. The van der Waals surface area contributed by atoms with Crippen LogP contribution in [0.5, 0.6) is 0 Å². The number of nitrogens with one attached hydrogen (secondary N) is 3. The minimum Gasteiger partial charge on any atom is -0.357 e. The van der Waals surface area contributed by atoms with Crippen LogP contribution in [0.4, 0.5) is 15.9 Å². The third kappa shape index (κ3) is 3.46. The van der Waals surface area contributed by atoms with Crippen molar-refractivity contribution in [2.24, 2.45) is 0 Å². The number of halogens is 2. The van der Waals surface area contributed by atoms with Gasteiger partial charge < -0.3 is 20.5 Å². The number of anilines is 2. The summed E-state index contributed by atoms with van der Waals surface area (Å²) < 4.78 is 16.0. The fourth-order valence-corrected chi connectivity index (χ4v) is 5.59. The third-order valence-corrected chi connectivity index (χ3v) is 7.58. The average Bonchev–Trinajstić information content (AvgIpc) is 3.80. The second-order valence-corrected chi connectivity index (χ2v) is 10.3. The number of aromatic nitrogens is 4. The van der Waals surface area contributed by atoms with Gasteiger partial charge in [-0.1, -0.05) is 11.6 Å². The number of hydrogen-bond donors (Lipinski definition) is 3. The smallest absolute Gasteiger partial charge is 0.277 e. The second kappa shape index (κ2) is 7.99. The maximum absolute atomic E-state index is 16.0. The van der Waals surface area contributed by atoms with Gasteiger partial charge in [-0.3, -0.25) is 9.59 Å². The molecule has 36 heavy (non-hydrogen) atoms. The Morgan fingerprint density at radius 2 is 1.89 bits per heavy atom. The number of aromatic amines is 1. The van der Waals surface area contributed by atoms with Crippen molar-refractivity contribution in [1.82, 2.24) is 30.4 Å². The van der Waals surface area contributed by atoms with Gasteiger partial charge in [0, 0.05) is 48.6 Å². The lowest BCUT2D eigenvalue weighted by molar-refractivity contribution is 0.0723. The summed E-state index contributed by atoms with van der Waals surface area (Å²) in [5, 5.41) is 13.9. The number of rotatable bonds is 5. The molecule has 9 nitrogen and oxygen atoms in total. The molecular weight excluding hydrogens is 485 g/mol. The van der Waals surface area contributed by atoms with Crippen molar-refractivity contribution in [2.75, 3.05) is 11.9 Å². The summed E-state index contributed by atoms with van der Waals surface area (Å²) in [5.41, 5.74) is 4.45. The van der Waals surface area contributed by atoms with Gasteiger partial charge in [0.25, 0.3) is 11.8 Å². The Hall–Kier alpha value is -3.53.